The van der Waals surface area contributed by atoms with Crippen LogP contribution in [-0.4, -0.2) is 4.98 Å². The van der Waals surface area contributed by atoms with Gasteiger partial charge in [-0.3, -0.25) is 0 Å². The number of H-pyrrole nitrogens is 1. The lowest BCUT2D eigenvalue weighted by Gasteiger charge is -2.10. The quantitative estimate of drug-likeness (QED) is 0.710. The molecular formula is C16H15BrN2. The fourth-order valence-corrected chi connectivity index (χ4v) is 2.80. The molecule has 0 unspecified atom stereocenters. The second-order valence-corrected chi connectivity index (χ2v) is 5.58. The number of rotatable bonds is 3. The van der Waals surface area contributed by atoms with Gasteiger partial charge in [-0.1, -0.05) is 28.1 Å². The Kier molecular flexibility index (Phi) is 3.30. The van der Waals surface area contributed by atoms with E-state index in [1.165, 1.54) is 27.7 Å². The van der Waals surface area contributed by atoms with Gasteiger partial charge in [0.15, 0.2) is 0 Å². The second kappa shape index (κ2) is 5.10. The highest BCUT2D eigenvalue weighted by atomic mass is 79.9. The Morgan fingerprint density at radius 1 is 1.16 bits per heavy atom. The summed E-state index contributed by atoms with van der Waals surface area (Å²) in [6, 6.07) is 14.8. The van der Waals surface area contributed by atoms with Gasteiger partial charge in [-0.2, -0.15) is 0 Å². The molecule has 3 aromatic rings. The van der Waals surface area contributed by atoms with E-state index < -0.39 is 0 Å². The largest absolute Gasteiger partial charge is 0.381 e. The van der Waals surface area contributed by atoms with Gasteiger partial charge >= 0.3 is 0 Å². The molecule has 0 amide bonds. The molecule has 2 nitrogen and oxygen atoms in total. The van der Waals surface area contributed by atoms with Crippen molar-refractivity contribution in [2.24, 2.45) is 0 Å². The molecule has 0 saturated heterocycles. The molecule has 0 aliphatic carbocycles. The van der Waals surface area contributed by atoms with Gasteiger partial charge in [-0.25, -0.2) is 0 Å². The number of nitrogens with one attached hydrogen (secondary N) is 2. The third-order valence-corrected chi connectivity index (χ3v) is 3.84. The van der Waals surface area contributed by atoms with Crippen LogP contribution in [0.25, 0.3) is 10.9 Å². The number of anilines is 1. The zero-order valence-corrected chi connectivity index (χ0v) is 12.3. The zero-order valence-electron chi connectivity index (χ0n) is 10.7. The molecule has 3 rings (SSSR count). The Bertz CT molecular complexity index is 716. The fraction of sp³-hybridized carbons (Fsp3) is 0.125. The first-order chi connectivity index (χ1) is 9.24. The van der Waals surface area contributed by atoms with Crippen LogP contribution in [0.5, 0.6) is 0 Å². The molecule has 0 bridgehead atoms. The lowest BCUT2D eigenvalue weighted by molar-refractivity contribution is 1.16. The van der Waals surface area contributed by atoms with E-state index in [-0.39, 0.29) is 0 Å². The van der Waals surface area contributed by atoms with Crippen molar-refractivity contribution in [2.75, 3.05) is 5.32 Å². The van der Waals surface area contributed by atoms with Crippen molar-refractivity contribution in [2.45, 2.75) is 13.5 Å². The number of benzene rings is 2. The number of aromatic amines is 1. The van der Waals surface area contributed by atoms with Crippen LogP contribution < -0.4 is 5.32 Å². The third-order valence-electron chi connectivity index (χ3n) is 3.34. The monoisotopic (exact) mass is 314 g/mol. The van der Waals surface area contributed by atoms with E-state index in [4.69, 9.17) is 0 Å². The number of hydrogen-bond acceptors (Lipinski definition) is 1. The Hall–Kier alpha value is -1.74. The molecule has 2 N–H and O–H groups in total. The molecular weight excluding hydrogens is 300 g/mol. The van der Waals surface area contributed by atoms with Crippen molar-refractivity contribution >= 4 is 32.5 Å². The summed E-state index contributed by atoms with van der Waals surface area (Å²) in [5, 5.41) is 4.79. The van der Waals surface area contributed by atoms with E-state index in [0.717, 1.165) is 11.0 Å². The molecule has 19 heavy (non-hydrogen) atoms. The Morgan fingerprint density at radius 3 is 2.89 bits per heavy atom. The van der Waals surface area contributed by atoms with Crippen LogP contribution in [0, 0.1) is 6.92 Å². The van der Waals surface area contributed by atoms with Crippen LogP contribution in [0.2, 0.25) is 0 Å². The minimum absolute atomic E-state index is 0.831. The van der Waals surface area contributed by atoms with E-state index in [9.17, 15) is 0 Å². The molecule has 1 aromatic heterocycles. The highest BCUT2D eigenvalue weighted by Gasteiger charge is 2.03. The van der Waals surface area contributed by atoms with Crippen molar-refractivity contribution in [3.63, 3.8) is 0 Å². The molecule has 96 valence electrons. The number of fused-ring (bicyclic) bond motifs is 1. The predicted octanol–water partition coefficient (Wildman–Crippen LogP) is 4.85. The maximum atomic E-state index is 3.50. The SMILES string of the molecule is Cc1cc(Br)ccc1NCc1cccc2[nH]ccc12. The summed E-state index contributed by atoms with van der Waals surface area (Å²) < 4.78 is 1.11. The van der Waals surface area contributed by atoms with E-state index in [0.29, 0.717) is 0 Å². The second-order valence-electron chi connectivity index (χ2n) is 4.67. The Morgan fingerprint density at radius 2 is 2.05 bits per heavy atom. The molecule has 0 aliphatic heterocycles. The normalized spacial score (nSPS) is 10.8. The van der Waals surface area contributed by atoms with Crippen LogP contribution in [-0.2, 0) is 6.54 Å². The minimum atomic E-state index is 0.831. The molecule has 1 heterocycles. The lowest BCUT2D eigenvalue weighted by atomic mass is 10.1. The number of halogens is 1. The molecule has 2 aromatic carbocycles. The van der Waals surface area contributed by atoms with Gasteiger partial charge in [0.05, 0.1) is 0 Å². The van der Waals surface area contributed by atoms with Gasteiger partial charge in [0.25, 0.3) is 0 Å². The molecule has 3 heteroatoms. The maximum Gasteiger partial charge on any atom is 0.0457 e. The smallest absolute Gasteiger partial charge is 0.0457 e. The summed E-state index contributed by atoms with van der Waals surface area (Å²) in [5.41, 5.74) is 4.92. The number of aromatic nitrogens is 1. The van der Waals surface area contributed by atoms with Crippen LogP contribution in [0.1, 0.15) is 11.1 Å². The van der Waals surface area contributed by atoms with Crippen LogP contribution in [0.4, 0.5) is 5.69 Å². The van der Waals surface area contributed by atoms with E-state index in [2.05, 4.69) is 75.6 Å². The van der Waals surface area contributed by atoms with Crippen molar-refractivity contribution in [3.05, 3.63) is 64.3 Å². The molecule has 0 saturated carbocycles. The van der Waals surface area contributed by atoms with Gasteiger partial charge in [0.2, 0.25) is 0 Å². The van der Waals surface area contributed by atoms with E-state index in [1.807, 2.05) is 6.20 Å². The van der Waals surface area contributed by atoms with Crippen molar-refractivity contribution in [3.8, 4) is 0 Å². The Labute approximate surface area is 121 Å². The van der Waals surface area contributed by atoms with Gasteiger partial charge in [-0.05, 0) is 48.4 Å². The average molecular weight is 315 g/mol. The van der Waals surface area contributed by atoms with E-state index >= 15 is 0 Å². The predicted molar refractivity (Wildman–Crippen MR) is 84.5 cm³/mol. The number of hydrogen-bond donors (Lipinski definition) is 2. The summed E-state index contributed by atoms with van der Waals surface area (Å²) in [5.74, 6) is 0. The van der Waals surface area contributed by atoms with E-state index in [1.54, 1.807) is 0 Å². The minimum Gasteiger partial charge on any atom is -0.381 e. The van der Waals surface area contributed by atoms with Crippen LogP contribution >= 0.6 is 15.9 Å². The van der Waals surface area contributed by atoms with Crippen molar-refractivity contribution < 1.29 is 0 Å². The lowest BCUT2D eigenvalue weighted by Crippen LogP contribution is -2.01. The van der Waals surface area contributed by atoms with Gasteiger partial charge in [-0.15, -0.1) is 0 Å². The third kappa shape index (κ3) is 2.51. The molecule has 0 aliphatic rings. The molecule has 0 spiro atoms. The molecule has 0 atom stereocenters. The fourth-order valence-electron chi connectivity index (χ4n) is 2.32. The first-order valence-corrected chi connectivity index (χ1v) is 7.08. The topological polar surface area (TPSA) is 27.8 Å². The average Bonchev–Trinajstić information content (AvgIpc) is 2.86. The van der Waals surface area contributed by atoms with Gasteiger partial charge in [0.1, 0.15) is 0 Å². The zero-order chi connectivity index (χ0) is 13.2. The van der Waals surface area contributed by atoms with Crippen LogP contribution in [0.15, 0.2) is 53.1 Å². The molecule has 0 fully saturated rings. The first kappa shape index (κ1) is 12.3. The highest BCUT2D eigenvalue weighted by molar-refractivity contribution is 9.10. The summed E-state index contributed by atoms with van der Waals surface area (Å²) in [4.78, 5) is 3.24. The van der Waals surface area contributed by atoms with Gasteiger partial charge < -0.3 is 10.3 Å². The van der Waals surface area contributed by atoms with Crippen molar-refractivity contribution in [1.82, 2.24) is 4.98 Å². The molecule has 0 radical (unpaired) electrons. The highest BCUT2D eigenvalue weighted by Crippen LogP contribution is 2.22. The standard InChI is InChI=1S/C16H15BrN2/c1-11-9-13(17)5-6-15(11)19-10-12-3-2-4-16-14(12)7-8-18-16/h2-9,18-19H,10H2,1H3. The van der Waals surface area contributed by atoms with Gasteiger partial charge in [0, 0.05) is 33.8 Å². The summed E-state index contributed by atoms with van der Waals surface area (Å²) in [6.07, 6.45) is 1.99. The van der Waals surface area contributed by atoms with Crippen LogP contribution in [0.3, 0.4) is 0 Å². The summed E-state index contributed by atoms with van der Waals surface area (Å²) >= 11 is 3.49. The number of aryl methyl sites for hydroxylation is 1. The summed E-state index contributed by atoms with van der Waals surface area (Å²) in [7, 11) is 0. The van der Waals surface area contributed by atoms with Crippen molar-refractivity contribution in [1.29, 1.82) is 0 Å². The summed E-state index contributed by atoms with van der Waals surface area (Å²) in [6.45, 7) is 2.95. The first-order valence-electron chi connectivity index (χ1n) is 6.29. The maximum absolute atomic E-state index is 3.50. The Balaban J connectivity index is 1.84.